The van der Waals surface area contributed by atoms with Gasteiger partial charge < -0.3 is 0 Å². The number of benzene rings is 3. The zero-order chi connectivity index (χ0) is 15.8. The molecule has 0 unspecified atom stereocenters. The summed E-state index contributed by atoms with van der Waals surface area (Å²) in [7, 11) is 0. The van der Waals surface area contributed by atoms with Crippen LogP contribution in [-0.2, 0) is 6.42 Å². The van der Waals surface area contributed by atoms with Crippen LogP contribution in [0, 0.1) is 24.7 Å². The largest absolute Gasteiger partial charge is 0.115 e. The molecule has 4 rings (SSSR count). The summed E-state index contributed by atoms with van der Waals surface area (Å²) in [6, 6.07) is 20.8. The summed E-state index contributed by atoms with van der Waals surface area (Å²) in [4.78, 5) is 0. The molecule has 3 aromatic carbocycles. The first-order valence-electron chi connectivity index (χ1n) is 7.60. The van der Waals surface area contributed by atoms with Gasteiger partial charge in [-0.05, 0) is 40.3 Å². The average molecular weight is 290 g/mol. The second-order valence-corrected chi connectivity index (χ2v) is 5.69. The van der Waals surface area contributed by atoms with E-state index in [1.807, 2.05) is 18.2 Å². The van der Waals surface area contributed by atoms with Crippen molar-refractivity contribution in [2.75, 3.05) is 0 Å². The maximum absolute atomic E-state index is 5.82. The van der Waals surface area contributed by atoms with Gasteiger partial charge in [-0.3, -0.25) is 0 Å². The van der Waals surface area contributed by atoms with Gasteiger partial charge in [0, 0.05) is 16.7 Å². The zero-order valence-electron chi connectivity index (χ0n) is 12.6. The fourth-order valence-electron chi connectivity index (χ4n) is 3.46. The van der Waals surface area contributed by atoms with Crippen molar-refractivity contribution < 1.29 is 0 Å². The molecule has 0 bridgehead atoms. The molecule has 0 atom stereocenters. The lowest BCUT2D eigenvalue weighted by Gasteiger charge is -2.14. The lowest BCUT2D eigenvalue weighted by molar-refractivity contribution is 1.26. The van der Waals surface area contributed by atoms with Crippen LogP contribution in [0.4, 0.5) is 0 Å². The Balaban J connectivity index is 2.11. The Hall–Kier alpha value is -3.22. The highest BCUT2D eigenvalue weighted by Gasteiger charge is 2.25. The molecule has 0 radical (unpaired) electrons. The zero-order valence-corrected chi connectivity index (χ0v) is 12.6. The molecule has 0 fully saturated rings. The topological polar surface area (TPSA) is 0 Å². The van der Waals surface area contributed by atoms with E-state index in [9.17, 15) is 0 Å². The van der Waals surface area contributed by atoms with Gasteiger partial charge in [-0.2, -0.15) is 0 Å². The van der Waals surface area contributed by atoms with E-state index < -0.39 is 0 Å². The number of rotatable bonds is 1. The molecule has 0 aliphatic heterocycles. The lowest BCUT2D eigenvalue weighted by Crippen LogP contribution is -1.96. The SMILES string of the molecule is C#Cc1cc2c(c(-c3ccccc3)c1C#C)Cc1ccccc1-2. The average Bonchev–Trinajstić information content (AvgIpc) is 2.98. The number of hydrogen-bond acceptors (Lipinski definition) is 0. The maximum Gasteiger partial charge on any atom is 0.0480 e. The van der Waals surface area contributed by atoms with Gasteiger partial charge in [-0.15, -0.1) is 12.8 Å². The van der Waals surface area contributed by atoms with Crippen LogP contribution >= 0.6 is 0 Å². The smallest absolute Gasteiger partial charge is 0.0480 e. The normalized spacial score (nSPS) is 11.2. The van der Waals surface area contributed by atoms with Crippen LogP contribution in [0.15, 0.2) is 60.7 Å². The Labute approximate surface area is 136 Å². The molecule has 0 nitrogen and oxygen atoms in total. The molecule has 0 saturated carbocycles. The number of fused-ring (bicyclic) bond motifs is 3. The third-order valence-electron chi connectivity index (χ3n) is 4.47. The fraction of sp³-hybridized carbons (Fsp3) is 0.0435. The minimum atomic E-state index is 0.793. The van der Waals surface area contributed by atoms with Gasteiger partial charge in [0.25, 0.3) is 0 Å². The highest BCUT2D eigenvalue weighted by Crippen LogP contribution is 2.44. The van der Waals surface area contributed by atoms with Gasteiger partial charge in [-0.25, -0.2) is 0 Å². The molecule has 0 amide bonds. The summed E-state index contributed by atoms with van der Waals surface area (Å²) in [5, 5.41) is 0. The molecule has 0 N–H and O–H groups in total. The minimum Gasteiger partial charge on any atom is -0.115 e. The van der Waals surface area contributed by atoms with Crippen LogP contribution < -0.4 is 0 Å². The first kappa shape index (κ1) is 13.4. The van der Waals surface area contributed by atoms with Crippen molar-refractivity contribution in [3.63, 3.8) is 0 Å². The van der Waals surface area contributed by atoms with Gasteiger partial charge in [0.05, 0.1) is 0 Å². The molecule has 1 aliphatic carbocycles. The van der Waals surface area contributed by atoms with Crippen LogP contribution in [0.1, 0.15) is 22.3 Å². The molecule has 1 aliphatic rings. The van der Waals surface area contributed by atoms with Crippen molar-refractivity contribution in [1.82, 2.24) is 0 Å². The van der Waals surface area contributed by atoms with E-state index in [1.54, 1.807) is 0 Å². The summed E-state index contributed by atoms with van der Waals surface area (Å²) in [6.07, 6.45) is 12.5. The van der Waals surface area contributed by atoms with Gasteiger partial charge in [0.2, 0.25) is 0 Å². The molecule has 0 aromatic heterocycles. The van der Waals surface area contributed by atoms with Gasteiger partial charge in [-0.1, -0.05) is 66.4 Å². The van der Waals surface area contributed by atoms with Crippen LogP contribution in [0.2, 0.25) is 0 Å². The van der Waals surface area contributed by atoms with E-state index in [-0.39, 0.29) is 0 Å². The van der Waals surface area contributed by atoms with Crippen molar-refractivity contribution in [2.45, 2.75) is 6.42 Å². The third kappa shape index (κ3) is 1.97. The van der Waals surface area contributed by atoms with Crippen molar-refractivity contribution in [3.8, 4) is 46.9 Å². The van der Waals surface area contributed by atoms with E-state index >= 15 is 0 Å². The first-order valence-corrected chi connectivity index (χ1v) is 7.60. The highest BCUT2D eigenvalue weighted by molar-refractivity contribution is 5.89. The summed E-state index contributed by atoms with van der Waals surface area (Å²) >= 11 is 0. The number of terminal acetylenes is 2. The standard InChI is InChI=1S/C23H14/c1-3-16-14-21-20-13-9-8-12-18(20)15-22(21)23(19(16)4-2)17-10-6-5-7-11-17/h1-2,5-14H,15H2. The number of hydrogen-bond donors (Lipinski definition) is 0. The van der Waals surface area contributed by atoms with Crippen LogP contribution in [-0.4, -0.2) is 0 Å². The maximum atomic E-state index is 5.82. The predicted molar refractivity (Wildman–Crippen MR) is 96.0 cm³/mol. The molecule has 0 saturated heterocycles. The second-order valence-electron chi connectivity index (χ2n) is 5.69. The van der Waals surface area contributed by atoms with Crippen LogP contribution in [0.5, 0.6) is 0 Å². The molecule has 106 valence electrons. The third-order valence-corrected chi connectivity index (χ3v) is 4.47. The van der Waals surface area contributed by atoms with Crippen molar-refractivity contribution >= 4 is 0 Å². The molecule has 3 aromatic rings. The molecular formula is C23H14. The molecular weight excluding hydrogens is 276 g/mol. The van der Waals surface area contributed by atoms with Gasteiger partial charge in [0.15, 0.2) is 0 Å². The minimum absolute atomic E-state index is 0.793. The molecule has 0 heterocycles. The summed E-state index contributed by atoms with van der Waals surface area (Å²) in [5.74, 6) is 5.60. The van der Waals surface area contributed by atoms with Crippen molar-refractivity contribution in [1.29, 1.82) is 0 Å². The molecule has 23 heavy (non-hydrogen) atoms. The van der Waals surface area contributed by atoms with E-state index in [0.717, 1.165) is 28.7 Å². The Morgan fingerprint density at radius 2 is 1.52 bits per heavy atom. The molecule has 0 spiro atoms. The quantitative estimate of drug-likeness (QED) is 0.438. The Morgan fingerprint density at radius 3 is 2.26 bits per heavy atom. The first-order chi connectivity index (χ1) is 11.3. The lowest BCUT2D eigenvalue weighted by atomic mass is 9.88. The van der Waals surface area contributed by atoms with Crippen LogP contribution in [0.3, 0.4) is 0 Å². The van der Waals surface area contributed by atoms with Crippen molar-refractivity contribution in [3.05, 3.63) is 82.9 Å². The summed E-state index contributed by atoms with van der Waals surface area (Å²) < 4.78 is 0. The highest BCUT2D eigenvalue weighted by atomic mass is 14.3. The summed E-state index contributed by atoms with van der Waals surface area (Å²) in [5.41, 5.74) is 8.94. The second kappa shape index (κ2) is 5.20. The van der Waals surface area contributed by atoms with Crippen LogP contribution in [0.25, 0.3) is 22.3 Å². The fourth-order valence-corrected chi connectivity index (χ4v) is 3.46. The monoisotopic (exact) mass is 290 g/mol. The van der Waals surface area contributed by atoms with Gasteiger partial charge in [0.1, 0.15) is 0 Å². The Bertz CT molecular complexity index is 993. The summed E-state index contributed by atoms with van der Waals surface area (Å²) in [6.45, 7) is 0. The van der Waals surface area contributed by atoms with E-state index in [4.69, 9.17) is 12.8 Å². The van der Waals surface area contributed by atoms with E-state index in [2.05, 4.69) is 54.3 Å². The van der Waals surface area contributed by atoms with Crippen molar-refractivity contribution in [2.24, 2.45) is 0 Å². The van der Waals surface area contributed by atoms with Gasteiger partial charge >= 0.3 is 0 Å². The predicted octanol–water partition coefficient (Wildman–Crippen LogP) is 4.89. The van der Waals surface area contributed by atoms with E-state index in [1.165, 1.54) is 22.3 Å². The molecule has 0 heteroatoms. The Morgan fingerprint density at radius 1 is 0.783 bits per heavy atom. The Kier molecular flexibility index (Phi) is 3.04. The van der Waals surface area contributed by atoms with E-state index in [0.29, 0.717) is 0 Å².